The Morgan fingerprint density at radius 2 is 1.94 bits per heavy atom. The van der Waals surface area contributed by atoms with Crippen molar-refractivity contribution in [3.8, 4) is 0 Å². The zero-order valence-electron chi connectivity index (χ0n) is 10.7. The van der Waals surface area contributed by atoms with Crippen molar-refractivity contribution in [1.82, 2.24) is 0 Å². The normalized spacial score (nSPS) is 29.2. The number of benzene rings is 1. The number of rotatable bonds is 4. The van der Waals surface area contributed by atoms with Gasteiger partial charge < -0.3 is 0 Å². The fourth-order valence-corrected chi connectivity index (χ4v) is 3.44. The largest absolute Gasteiger partial charge is 0.123 e. The van der Waals surface area contributed by atoms with Crippen molar-refractivity contribution in [1.29, 1.82) is 0 Å². The Bertz CT molecular complexity index is 320. The topological polar surface area (TPSA) is 0 Å². The van der Waals surface area contributed by atoms with Crippen LogP contribution in [0, 0.1) is 11.8 Å². The van der Waals surface area contributed by atoms with Crippen LogP contribution in [0.3, 0.4) is 0 Å². The lowest BCUT2D eigenvalue weighted by molar-refractivity contribution is 0.257. The molecule has 0 spiro atoms. The Morgan fingerprint density at radius 1 is 1.18 bits per heavy atom. The first-order chi connectivity index (χ1) is 8.29. The molecule has 1 aliphatic carbocycles. The molecule has 2 rings (SSSR count). The van der Waals surface area contributed by atoms with Gasteiger partial charge in [0.25, 0.3) is 0 Å². The van der Waals surface area contributed by atoms with Crippen LogP contribution >= 0.6 is 11.6 Å². The summed E-state index contributed by atoms with van der Waals surface area (Å²) in [5.41, 5.74) is 1.44. The highest BCUT2D eigenvalue weighted by molar-refractivity contribution is 6.20. The van der Waals surface area contributed by atoms with Crippen LogP contribution in [-0.4, -0.2) is 5.38 Å². The van der Waals surface area contributed by atoms with E-state index in [-0.39, 0.29) is 0 Å². The molecule has 1 aromatic rings. The molecule has 0 aromatic heterocycles. The van der Waals surface area contributed by atoms with Gasteiger partial charge >= 0.3 is 0 Å². The number of hydrogen-bond donors (Lipinski definition) is 0. The standard InChI is InChI=1S/C16H23Cl/c1-2-6-13-9-10-16(17)15(11-13)12-14-7-4-3-5-8-14/h3-5,7-8,13,15-16H,2,6,9-12H2,1H3. The second kappa shape index (κ2) is 6.44. The summed E-state index contributed by atoms with van der Waals surface area (Å²) in [7, 11) is 0. The Morgan fingerprint density at radius 3 is 2.65 bits per heavy atom. The number of alkyl halides is 1. The van der Waals surface area contributed by atoms with E-state index in [0.717, 1.165) is 12.3 Å². The maximum Gasteiger partial charge on any atom is 0.0367 e. The van der Waals surface area contributed by atoms with Crippen molar-refractivity contribution in [2.24, 2.45) is 11.8 Å². The second-order valence-electron chi connectivity index (χ2n) is 5.43. The first-order valence-corrected chi connectivity index (χ1v) is 7.41. The van der Waals surface area contributed by atoms with Gasteiger partial charge in [0.05, 0.1) is 0 Å². The third-order valence-electron chi connectivity index (χ3n) is 4.04. The molecule has 0 radical (unpaired) electrons. The third-order valence-corrected chi connectivity index (χ3v) is 4.61. The highest BCUT2D eigenvalue weighted by Gasteiger charge is 2.28. The Kier molecular flexibility index (Phi) is 4.91. The first-order valence-electron chi connectivity index (χ1n) is 6.97. The molecule has 0 amide bonds. The molecule has 1 aromatic carbocycles. The van der Waals surface area contributed by atoms with Gasteiger partial charge in [0.2, 0.25) is 0 Å². The molecule has 0 N–H and O–H groups in total. The molecule has 1 fully saturated rings. The van der Waals surface area contributed by atoms with Crippen LogP contribution in [0.4, 0.5) is 0 Å². The molecule has 3 atom stereocenters. The van der Waals surface area contributed by atoms with Gasteiger partial charge in [-0.15, -0.1) is 11.6 Å². The molecule has 0 nitrogen and oxygen atoms in total. The Balaban J connectivity index is 1.94. The van der Waals surface area contributed by atoms with Crippen molar-refractivity contribution in [3.63, 3.8) is 0 Å². The van der Waals surface area contributed by atoms with Crippen LogP contribution in [0.15, 0.2) is 30.3 Å². The molecule has 1 aliphatic rings. The van der Waals surface area contributed by atoms with Crippen LogP contribution in [0.1, 0.15) is 44.6 Å². The average Bonchev–Trinajstić information content (AvgIpc) is 2.35. The Hall–Kier alpha value is -0.490. The zero-order valence-corrected chi connectivity index (χ0v) is 11.5. The van der Waals surface area contributed by atoms with E-state index in [4.69, 9.17) is 11.6 Å². The van der Waals surface area contributed by atoms with Crippen molar-refractivity contribution in [2.75, 3.05) is 0 Å². The lowest BCUT2D eigenvalue weighted by Crippen LogP contribution is -2.27. The van der Waals surface area contributed by atoms with Gasteiger partial charge in [0.15, 0.2) is 0 Å². The summed E-state index contributed by atoms with van der Waals surface area (Å²) in [6.07, 6.45) is 7.74. The third kappa shape index (κ3) is 3.74. The molecule has 3 unspecified atom stereocenters. The quantitative estimate of drug-likeness (QED) is 0.656. The van der Waals surface area contributed by atoms with Gasteiger partial charge in [-0.2, -0.15) is 0 Å². The maximum absolute atomic E-state index is 6.50. The number of halogens is 1. The van der Waals surface area contributed by atoms with Gasteiger partial charge in [-0.3, -0.25) is 0 Å². The molecule has 0 bridgehead atoms. The Labute approximate surface area is 110 Å². The summed E-state index contributed by atoms with van der Waals surface area (Å²) in [5.74, 6) is 1.60. The minimum atomic E-state index is 0.392. The summed E-state index contributed by atoms with van der Waals surface area (Å²) in [6.45, 7) is 2.29. The molecule has 1 saturated carbocycles. The van der Waals surface area contributed by atoms with Crippen LogP contribution in [-0.2, 0) is 6.42 Å². The minimum Gasteiger partial charge on any atom is -0.123 e. The molecular formula is C16H23Cl. The minimum absolute atomic E-state index is 0.392. The van der Waals surface area contributed by atoms with Crippen molar-refractivity contribution < 1.29 is 0 Å². The highest BCUT2D eigenvalue weighted by Crippen LogP contribution is 2.36. The van der Waals surface area contributed by atoms with E-state index in [2.05, 4.69) is 37.3 Å². The molecule has 0 aliphatic heterocycles. The second-order valence-corrected chi connectivity index (χ2v) is 5.99. The highest BCUT2D eigenvalue weighted by atomic mass is 35.5. The molecule has 0 saturated heterocycles. The van der Waals surface area contributed by atoms with E-state index in [0.29, 0.717) is 11.3 Å². The number of hydrogen-bond acceptors (Lipinski definition) is 0. The van der Waals surface area contributed by atoms with E-state index < -0.39 is 0 Å². The SMILES string of the molecule is CCCC1CCC(Cl)C(Cc2ccccc2)C1. The summed E-state index contributed by atoms with van der Waals surface area (Å²) >= 11 is 6.50. The van der Waals surface area contributed by atoms with Gasteiger partial charge in [0.1, 0.15) is 0 Å². The summed E-state index contributed by atoms with van der Waals surface area (Å²) in [5, 5.41) is 0.392. The predicted octanol–water partition coefficient (Wildman–Crippen LogP) is 5.05. The van der Waals surface area contributed by atoms with E-state index in [1.807, 2.05) is 0 Å². The lowest BCUT2D eigenvalue weighted by atomic mass is 9.76. The van der Waals surface area contributed by atoms with Gasteiger partial charge in [-0.05, 0) is 43.1 Å². The fourth-order valence-electron chi connectivity index (χ4n) is 3.12. The molecule has 17 heavy (non-hydrogen) atoms. The molecular weight excluding hydrogens is 228 g/mol. The van der Waals surface area contributed by atoms with Crippen molar-refractivity contribution in [2.45, 2.75) is 50.8 Å². The summed E-state index contributed by atoms with van der Waals surface area (Å²) in [4.78, 5) is 0. The van der Waals surface area contributed by atoms with Gasteiger partial charge in [0, 0.05) is 5.38 Å². The van der Waals surface area contributed by atoms with Crippen LogP contribution in [0.25, 0.3) is 0 Å². The van der Waals surface area contributed by atoms with Gasteiger partial charge in [-0.25, -0.2) is 0 Å². The average molecular weight is 251 g/mol. The lowest BCUT2D eigenvalue weighted by Gasteiger charge is -2.33. The summed E-state index contributed by atoms with van der Waals surface area (Å²) < 4.78 is 0. The first kappa shape index (κ1) is 13.0. The fraction of sp³-hybridized carbons (Fsp3) is 0.625. The van der Waals surface area contributed by atoms with Crippen LogP contribution in [0.2, 0.25) is 0 Å². The van der Waals surface area contributed by atoms with E-state index in [1.165, 1.54) is 37.7 Å². The monoisotopic (exact) mass is 250 g/mol. The van der Waals surface area contributed by atoms with Crippen LogP contribution in [0.5, 0.6) is 0 Å². The smallest absolute Gasteiger partial charge is 0.0367 e. The van der Waals surface area contributed by atoms with E-state index in [9.17, 15) is 0 Å². The van der Waals surface area contributed by atoms with Crippen molar-refractivity contribution in [3.05, 3.63) is 35.9 Å². The van der Waals surface area contributed by atoms with E-state index in [1.54, 1.807) is 0 Å². The predicted molar refractivity (Wildman–Crippen MR) is 75.5 cm³/mol. The van der Waals surface area contributed by atoms with E-state index >= 15 is 0 Å². The van der Waals surface area contributed by atoms with Crippen molar-refractivity contribution >= 4 is 11.6 Å². The summed E-state index contributed by atoms with van der Waals surface area (Å²) in [6, 6.07) is 10.8. The zero-order chi connectivity index (χ0) is 12.1. The van der Waals surface area contributed by atoms with Crippen LogP contribution < -0.4 is 0 Å². The molecule has 1 heteroatoms. The van der Waals surface area contributed by atoms with Gasteiger partial charge in [-0.1, -0.05) is 50.1 Å². The molecule has 0 heterocycles. The maximum atomic E-state index is 6.50. The molecule has 94 valence electrons.